The second-order valence-electron chi connectivity index (χ2n) is 19.9. The van der Waals surface area contributed by atoms with Gasteiger partial charge in [0.15, 0.2) is 0 Å². The Morgan fingerprint density at radius 1 is 0.417 bits per heavy atom. The second-order valence-corrected chi connectivity index (χ2v) is 29.1. The molecule has 0 bridgehead atoms. The van der Waals surface area contributed by atoms with Crippen LogP contribution in [0, 0.1) is 0 Å². The van der Waals surface area contributed by atoms with Crippen LogP contribution in [0.25, 0.3) is 0 Å². The average Bonchev–Trinajstić information content (AvgIpc) is 3.41. The summed E-state index contributed by atoms with van der Waals surface area (Å²) in [4.78, 5) is 6.36. The Balaban J connectivity index is 1.01. The van der Waals surface area contributed by atoms with Gasteiger partial charge in [-0.3, -0.25) is 12.9 Å². The van der Waals surface area contributed by atoms with Crippen molar-refractivity contribution in [3.63, 3.8) is 0 Å². The first-order valence-corrected chi connectivity index (χ1v) is 34.5. The van der Waals surface area contributed by atoms with Crippen LogP contribution in [0.4, 0.5) is 62.6 Å². The van der Waals surface area contributed by atoms with Gasteiger partial charge in [0.1, 0.15) is 19.6 Å². The number of rotatable bonds is 6. The first-order valence-electron chi connectivity index (χ1n) is 24.3. The highest BCUT2D eigenvalue weighted by Gasteiger charge is 2.51. The molecule has 0 aliphatic carbocycles. The van der Waals surface area contributed by atoms with Crippen LogP contribution in [0.15, 0.2) is 142 Å². The SMILES string of the molecule is CSc1cc2c3c(c1)N(SC)c1cc4c(cc1B3c1ccccc1O2)B1c2cc3c(cc2N(SC)c2cc(SC)cc(c21)N4SC)Nc1cc(SC)cc2c1B3c1cccc3c1N2c1ccccc1[Si]3(C)C. The van der Waals surface area contributed by atoms with E-state index in [9.17, 15) is 0 Å². The zero-order valence-corrected chi connectivity index (χ0v) is 46.9. The molecule has 15 rings (SSSR count). The Kier molecular flexibility index (Phi) is 9.92. The average molecular weight is 1060 g/mol. The van der Waals surface area contributed by atoms with Crippen molar-refractivity contribution in [2.75, 3.05) is 60.7 Å². The van der Waals surface area contributed by atoms with Crippen molar-refractivity contribution < 1.29 is 4.74 Å². The lowest BCUT2D eigenvalue weighted by molar-refractivity contribution is 0.486. The summed E-state index contributed by atoms with van der Waals surface area (Å²) in [5.74, 6) is 1.89. The second kappa shape index (κ2) is 16.0. The molecule has 0 amide bonds. The molecule has 16 heteroatoms. The molecule has 8 aromatic carbocycles. The number of hydrogen-bond donors (Lipinski definition) is 1. The number of thioether (sulfide) groups is 3. The third-order valence-corrected chi connectivity index (χ3v) is 24.4. The molecular weight excluding hydrogens is 1010 g/mol. The van der Waals surface area contributed by atoms with Crippen molar-refractivity contribution in [1.29, 1.82) is 0 Å². The van der Waals surface area contributed by atoms with E-state index in [1.54, 1.807) is 23.7 Å². The van der Waals surface area contributed by atoms with Crippen LogP contribution in [0.2, 0.25) is 13.1 Å². The molecule has 7 aliphatic heterocycles. The third-order valence-electron chi connectivity index (χ3n) is 16.4. The maximum Gasteiger partial charge on any atom is 0.256 e. The van der Waals surface area contributed by atoms with Crippen LogP contribution in [0.1, 0.15) is 0 Å². The highest BCUT2D eigenvalue weighted by molar-refractivity contribution is 8.01. The summed E-state index contributed by atoms with van der Waals surface area (Å²) in [6.45, 7) is 5.12. The predicted molar refractivity (Wildman–Crippen MR) is 330 cm³/mol. The summed E-state index contributed by atoms with van der Waals surface area (Å²) in [6.07, 6.45) is 13.3. The summed E-state index contributed by atoms with van der Waals surface area (Å²) in [6, 6.07) is 49.9. The molecular formula is C56H46B3N5OS6Si. The van der Waals surface area contributed by atoms with Crippen molar-refractivity contribution in [3.8, 4) is 11.5 Å². The Morgan fingerprint density at radius 2 is 0.958 bits per heavy atom. The van der Waals surface area contributed by atoms with Crippen molar-refractivity contribution in [2.24, 2.45) is 0 Å². The van der Waals surface area contributed by atoms with Gasteiger partial charge in [0.2, 0.25) is 0 Å². The van der Waals surface area contributed by atoms with Crippen molar-refractivity contribution in [3.05, 3.63) is 127 Å². The van der Waals surface area contributed by atoms with Crippen molar-refractivity contribution in [1.82, 2.24) is 0 Å². The van der Waals surface area contributed by atoms with Crippen molar-refractivity contribution >= 4 is 221 Å². The first-order chi connectivity index (χ1) is 35.2. The summed E-state index contributed by atoms with van der Waals surface area (Å²) in [5.41, 5.74) is 25.9. The number of nitrogens with zero attached hydrogens (tertiary/aromatic N) is 4. The Labute approximate surface area is 449 Å². The van der Waals surface area contributed by atoms with Gasteiger partial charge < -0.3 is 15.0 Å². The molecule has 0 radical (unpaired) electrons. The van der Waals surface area contributed by atoms with E-state index >= 15 is 0 Å². The van der Waals surface area contributed by atoms with E-state index < -0.39 is 8.07 Å². The molecule has 0 unspecified atom stereocenters. The van der Waals surface area contributed by atoms with Gasteiger partial charge in [0, 0.05) is 79.0 Å². The lowest BCUT2D eigenvalue weighted by Crippen LogP contribution is -2.68. The Bertz CT molecular complexity index is 3770. The molecule has 7 aliphatic rings. The van der Waals surface area contributed by atoms with Gasteiger partial charge in [-0.15, -0.1) is 35.3 Å². The minimum Gasteiger partial charge on any atom is -0.458 e. The van der Waals surface area contributed by atoms with Crippen LogP contribution < -0.4 is 87.4 Å². The van der Waals surface area contributed by atoms with E-state index in [0.29, 0.717) is 0 Å². The van der Waals surface area contributed by atoms with Crippen LogP contribution in [0.5, 0.6) is 11.5 Å². The lowest BCUT2D eigenvalue weighted by Gasteiger charge is -2.48. The van der Waals surface area contributed by atoms with Gasteiger partial charge in [-0.1, -0.05) is 79.8 Å². The number of fused-ring (bicyclic) bond motifs is 14. The zero-order valence-electron chi connectivity index (χ0n) is 41.0. The van der Waals surface area contributed by atoms with Gasteiger partial charge in [-0.05, 0) is 175 Å². The van der Waals surface area contributed by atoms with Gasteiger partial charge in [-0.2, -0.15) is 0 Å². The molecule has 0 fully saturated rings. The van der Waals surface area contributed by atoms with Crippen LogP contribution in [-0.4, -0.2) is 65.7 Å². The summed E-state index contributed by atoms with van der Waals surface area (Å²) >= 11 is 10.8. The molecule has 72 heavy (non-hydrogen) atoms. The lowest BCUT2D eigenvalue weighted by atomic mass is 9.29. The number of benzene rings is 8. The number of ether oxygens (including phenoxy) is 1. The number of hydrogen-bond acceptors (Lipinski definition) is 12. The molecule has 7 heterocycles. The van der Waals surface area contributed by atoms with Crippen LogP contribution in [-0.2, 0) is 0 Å². The molecule has 1 N–H and O–H groups in total. The quantitative estimate of drug-likeness (QED) is 0.0985. The zero-order chi connectivity index (χ0) is 48.6. The third kappa shape index (κ3) is 5.78. The minimum atomic E-state index is -2.08. The monoisotopic (exact) mass is 1060 g/mol. The molecule has 0 aromatic heterocycles. The molecule has 0 saturated carbocycles. The van der Waals surface area contributed by atoms with Gasteiger partial charge in [0.05, 0.1) is 17.1 Å². The molecule has 350 valence electrons. The van der Waals surface area contributed by atoms with Gasteiger partial charge in [-0.25, -0.2) is 0 Å². The van der Waals surface area contributed by atoms with Gasteiger partial charge in [0.25, 0.3) is 20.1 Å². The fraction of sp³-hybridized carbons (Fsp3) is 0.143. The smallest absolute Gasteiger partial charge is 0.256 e. The number of anilines is 11. The van der Waals surface area contributed by atoms with Crippen LogP contribution >= 0.6 is 71.1 Å². The van der Waals surface area contributed by atoms with E-state index in [2.05, 4.69) is 201 Å². The molecule has 8 aromatic rings. The standard InChI is InChI=1S/C56H46B3N5OS6Si/c1-66-30-20-40-53-45(21-30)61-41-16-10-12-18-51(41)72(7,8)52-19-13-15-34(56(52)61)58(53)35-26-36-42(28-39(35)60-40)62(69-4)46-22-31(67-2)23-47-54(46)59(36)38-27-37-43(29-44(38)63(47)70-5)64(71-6)48-24-32(68-3)25-50-55(48)57(37)33-14-9-11-17-49(33)65-50/h9-29,60H,1-8H3. The van der Waals surface area contributed by atoms with E-state index in [4.69, 9.17) is 4.74 Å². The topological polar surface area (TPSA) is 34.2 Å². The number of para-hydroxylation sites is 3. The fourth-order valence-corrected chi connectivity index (χ4v) is 20.0. The summed E-state index contributed by atoms with van der Waals surface area (Å²) in [7, 11) is -2.08. The molecule has 0 atom stereocenters. The number of nitrogens with one attached hydrogen (secondary N) is 1. The Hall–Kier alpha value is -4.93. The molecule has 0 spiro atoms. The Morgan fingerprint density at radius 3 is 1.65 bits per heavy atom. The summed E-state index contributed by atoms with van der Waals surface area (Å²) in [5, 5.41) is 7.15. The molecule has 0 saturated heterocycles. The maximum absolute atomic E-state index is 6.85. The van der Waals surface area contributed by atoms with E-state index in [-0.39, 0.29) is 20.1 Å². The van der Waals surface area contributed by atoms with Crippen molar-refractivity contribution in [2.45, 2.75) is 27.8 Å². The molecule has 6 nitrogen and oxygen atoms in total. The highest BCUT2D eigenvalue weighted by Crippen LogP contribution is 2.49. The minimum absolute atomic E-state index is 0.00832. The van der Waals surface area contributed by atoms with E-state index in [1.807, 2.05) is 47.4 Å². The largest absolute Gasteiger partial charge is 0.458 e. The summed E-state index contributed by atoms with van der Waals surface area (Å²) < 4.78 is 14.4. The highest BCUT2D eigenvalue weighted by atomic mass is 32.2. The van der Waals surface area contributed by atoms with E-state index in [0.717, 1.165) is 11.5 Å². The van der Waals surface area contributed by atoms with E-state index in [1.165, 1.54) is 137 Å². The first kappa shape index (κ1) is 44.5. The maximum atomic E-state index is 6.85. The van der Waals surface area contributed by atoms with Gasteiger partial charge >= 0.3 is 0 Å². The predicted octanol–water partition coefficient (Wildman–Crippen LogP) is 8.67. The fourth-order valence-electron chi connectivity index (χ4n) is 13.5. The van der Waals surface area contributed by atoms with Crippen LogP contribution in [0.3, 0.4) is 0 Å². The normalized spacial score (nSPS) is 15.7.